The third kappa shape index (κ3) is 3.06. The Hall–Kier alpha value is -0.120. The van der Waals surface area contributed by atoms with E-state index in [1.807, 2.05) is 0 Å². The minimum absolute atomic E-state index is 0.435. The predicted octanol–water partition coefficient (Wildman–Crippen LogP) is 2.12. The SMILES string of the molecule is CNC1C(CN(C)C2CCOC2)CCCC1(C)C. The van der Waals surface area contributed by atoms with Crippen molar-refractivity contribution in [3.63, 3.8) is 0 Å². The Morgan fingerprint density at radius 3 is 2.72 bits per heavy atom. The van der Waals surface area contributed by atoms with Crippen LogP contribution in [0.2, 0.25) is 0 Å². The monoisotopic (exact) mass is 254 g/mol. The summed E-state index contributed by atoms with van der Waals surface area (Å²) in [6.07, 6.45) is 5.31. The Morgan fingerprint density at radius 2 is 2.11 bits per heavy atom. The van der Waals surface area contributed by atoms with Gasteiger partial charge >= 0.3 is 0 Å². The van der Waals surface area contributed by atoms with Crippen molar-refractivity contribution in [3.05, 3.63) is 0 Å². The Labute approximate surface area is 112 Å². The molecule has 0 radical (unpaired) electrons. The molecule has 18 heavy (non-hydrogen) atoms. The summed E-state index contributed by atoms with van der Waals surface area (Å²) in [6.45, 7) is 7.92. The van der Waals surface area contributed by atoms with Gasteiger partial charge in [-0.05, 0) is 44.7 Å². The Bertz CT molecular complexity index is 261. The standard InChI is InChI=1S/C15H30N2O/c1-15(2)8-5-6-12(14(15)16-3)10-17(4)13-7-9-18-11-13/h12-14,16H,5-11H2,1-4H3. The third-order valence-electron chi connectivity index (χ3n) is 5.07. The third-order valence-corrected chi connectivity index (χ3v) is 5.07. The van der Waals surface area contributed by atoms with Crippen LogP contribution in [0.5, 0.6) is 0 Å². The van der Waals surface area contributed by atoms with Crippen molar-refractivity contribution in [1.29, 1.82) is 0 Å². The quantitative estimate of drug-likeness (QED) is 0.832. The van der Waals surface area contributed by atoms with Crippen molar-refractivity contribution >= 4 is 0 Å². The fourth-order valence-corrected chi connectivity index (χ4v) is 3.99. The van der Waals surface area contributed by atoms with Gasteiger partial charge in [0.1, 0.15) is 0 Å². The van der Waals surface area contributed by atoms with E-state index in [0.717, 1.165) is 19.1 Å². The highest BCUT2D eigenvalue weighted by Gasteiger charge is 2.38. The predicted molar refractivity (Wildman–Crippen MR) is 75.8 cm³/mol. The zero-order valence-electron chi connectivity index (χ0n) is 12.5. The Balaban J connectivity index is 1.93. The molecule has 0 aromatic rings. The summed E-state index contributed by atoms with van der Waals surface area (Å²) in [7, 11) is 4.40. The number of rotatable bonds is 4. The van der Waals surface area contributed by atoms with E-state index >= 15 is 0 Å². The molecule has 2 rings (SSSR count). The minimum Gasteiger partial charge on any atom is -0.380 e. The number of nitrogens with zero attached hydrogens (tertiary/aromatic N) is 1. The lowest BCUT2D eigenvalue weighted by atomic mass is 9.68. The van der Waals surface area contributed by atoms with E-state index in [4.69, 9.17) is 4.74 Å². The van der Waals surface area contributed by atoms with Gasteiger partial charge in [0.2, 0.25) is 0 Å². The Kier molecular flexibility index (Phi) is 4.68. The van der Waals surface area contributed by atoms with Crippen molar-refractivity contribution < 1.29 is 4.74 Å². The smallest absolute Gasteiger partial charge is 0.0622 e. The molecule has 0 aromatic carbocycles. The second kappa shape index (κ2) is 5.89. The van der Waals surface area contributed by atoms with Crippen molar-refractivity contribution in [2.24, 2.45) is 11.3 Å². The molecule has 0 amide bonds. The maximum atomic E-state index is 5.50. The zero-order valence-corrected chi connectivity index (χ0v) is 12.5. The summed E-state index contributed by atoms with van der Waals surface area (Å²) in [5, 5.41) is 3.58. The summed E-state index contributed by atoms with van der Waals surface area (Å²) in [4.78, 5) is 2.53. The van der Waals surface area contributed by atoms with Gasteiger partial charge in [0.25, 0.3) is 0 Å². The van der Waals surface area contributed by atoms with Crippen molar-refractivity contribution in [2.75, 3.05) is 33.9 Å². The van der Waals surface area contributed by atoms with Crippen LogP contribution in [-0.4, -0.2) is 50.8 Å². The summed E-state index contributed by atoms with van der Waals surface area (Å²) in [5.74, 6) is 0.782. The first-order valence-electron chi connectivity index (χ1n) is 7.50. The number of hydrogen-bond donors (Lipinski definition) is 1. The molecule has 3 unspecified atom stereocenters. The van der Waals surface area contributed by atoms with Gasteiger partial charge in [-0.2, -0.15) is 0 Å². The lowest BCUT2D eigenvalue weighted by Crippen LogP contribution is -2.52. The highest BCUT2D eigenvalue weighted by molar-refractivity contribution is 4.94. The second-order valence-corrected chi connectivity index (χ2v) is 6.86. The van der Waals surface area contributed by atoms with Gasteiger partial charge in [-0.1, -0.05) is 20.3 Å². The van der Waals surface area contributed by atoms with Crippen molar-refractivity contribution in [2.45, 2.75) is 51.6 Å². The highest BCUT2D eigenvalue weighted by atomic mass is 16.5. The van der Waals surface area contributed by atoms with Crippen LogP contribution in [0.25, 0.3) is 0 Å². The molecule has 0 spiro atoms. The first-order chi connectivity index (χ1) is 8.54. The molecule has 3 nitrogen and oxygen atoms in total. The van der Waals surface area contributed by atoms with E-state index in [9.17, 15) is 0 Å². The van der Waals surface area contributed by atoms with E-state index in [1.165, 1.54) is 32.2 Å². The molecule has 1 aliphatic carbocycles. The lowest BCUT2D eigenvalue weighted by Gasteiger charge is -2.45. The van der Waals surface area contributed by atoms with Gasteiger partial charge in [0, 0.05) is 25.2 Å². The summed E-state index contributed by atoms with van der Waals surface area (Å²) in [5.41, 5.74) is 0.435. The topological polar surface area (TPSA) is 24.5 Å². The van der Waals surface area contributed by atoms with E-state index in [2.05, 4.69) is 38.2 Å². The highest BCUT2D eigenvalue weighted by Crippen LogP contribution is 2.39. The molecule has 1 N–H and O–H groups in total. The van der Waals surface area contributed by atoms with Gasteiger partial charge in [-0.15, -0.1) is 0 Å². The zero-order chi connectivity index (χ0) is 13.2. The van der Waals surface area contributed by atoms with Crippen LogP contribution in [0.3, 0.4) is 0 Å². The molecule has 1 saturated heterocycles. The fraction of sp³-hybridized carbons (Fsp3) is 1.00. The summed E-state index contributed by atoms with van der Waals surface area (Å²) in [6, 6.07) is 1.29. The van der Waals surface area contributed by atoms with Crippen LogP contribution < -0.4 is 5.32 Å². The second-order valence-electron chi connectivity index (χ2n) is 6.86. The molecular weight excluding hydrogens is 224 g/mol. The normalized spacial score (nSPS) is 36.2. The van der Waals surface area contributed by atoms with Gasteiger partial charge in [0.05, 0.1) is 6.61 Å². The molecule has 1 heterocycles. The molecule has 0 aromatic heterocycles. The number of ether oxygens (including phenoxy) is 1. The largest absolute Gasteiger partial charge is 0.380 e. The first-order valence-corrected chi connectivity index (χ1v) is 7.50. The number of hydrogen-bond acceptors (Lipinski definition) is 3. The Morgan fingerprint density at radius 1 is 1.33 bits per heavy atom. The van der Waals surface area contributed by atoms with Gasteiger partial charge in [-0.3, -0.25) is 0 Å². The molecule has 0 bridgehead atoms. The lowest BCUT2D eigenvalue weighted by molar-refractivity contribution is 0.0748. The average molecular weight is 254 g/mol. The molecule has 1 aliphatic heterocycles. The summed E-state index contributed by atoms with van der Waals surface area (Å²) < 4.78 is 5.50. The van der Waals surface area contributed by atoms with Crippen LogP contribution in [0.1, 0.15) is 39.5 Å². The number of nitrogens with one attached hydrogen (secondary N) is 1. The van der Waals surface area contributed by atoms with Crippen LogP contribution in [0, 0.1) is 11.3 Å². The molecule has 3 atom stereocenters. The van der Waals surface area contributed by atoms with Gasteiger partial charge in [0.15, 0.2) is 0 Å². The van der Waals surface area contributed by atoms with Crippen LogP contribution in [0.15, 0.2) is 0 Å². The molecule has 106 valence electrons. The minimum atomic E-state index is 0.435. The number of likely N-dealkylation sites (N-methyl/N-ethyl adjacent to an activating group) is 1. The molecule has 2 aliphatic rings. The molecule has 1 saturated carbocycles. The maximum Gasteiger partial charge on any atom is 0.0622 e. The average Bonchev–Trinajstić information content (AvgIpc) is 2.81. The van der Waals surface area contributed by atoms with Gasteiger partial charge in [-0.25, -0.2) is 0 Å². The first kappa shape index (κ1) is 14.3. The summed E-state index contributed by atoms with van der Waals surface area (Å²) >= 11 is 0. The molecular formula is C15H30N2O. The van der Waals surface area contributed by atoms with Gasteiger partial charge < -0.3 is 15.0 Å². The maximum absolute atomic E-state index is 5.50. The van der Waals surface area contributed by atoms with Crippen molar-refractivity contribution in [1.82, 2.24) is 10.2 Å². The van der Waals surface area contributed by atoms with Crippen LogP contribution in [-0.2, 0) is 4.74 Å². The molecule has 3 heteroatoms. The fourth-order valence-electron chi connectivity index (χ4n) is 3.99. The molecule has 2 fully saturated rings. The van der Waals surface area contributed by atoms with Crippen LogP contribution in [0.4, 0.5) is 0 Å². The van der Waals surface area contributed by atoms with E-state index < -0.39 is 0 Å². The van der Waals surface area contributed by atoms with Crippen molar-refractivity contribution in [3.8, 4) is 0 Å². The van der Waals surface area contributed by atoms with Crippen LogP contribution >= 0.6 is 0 Å². The van der Waals surface area contributed by atoms with E-state index in [-0.39, 0.29) is 0 Å². The van der Waals surface area contributed by atoms with E-state index in [0.29, 0.717) is 17.5 Å². The van der Waals surface area contributed by atoms with E-state index in [1.54, 1.807) is 0 Å².